The van der Waals surface area contributed by atoms with Crippen LogP contribution in [0.1, 0.15) is 36.7 Å². The second-order valence-electron chi connectivity index (χ2n) is 7.31. The smallest absolute Gasteiger partial charge is 0.405 e. The maximum atomic E-state index is 12.8. The number of pyridine rings is 1. The van der Waals surface area contributed by atoms with E-state index in [1.807, 2.05) is 4.90 Å². The number of rotatable bonds is 8. The first-order chi connectivity index (χ1) is 13.9. The van der Waals surface area contributed by atoms with Crippen LogP contribution in [0.2, 0.25) is 0 Å². The highest BCUT2D eigenvalue weighted by Gasteiger charge is 2.33. The molecule has 0 saturated heterocycles. The van der Waals surface area contributed by atoms with Crippen molar-refractivity contribution in [3.8, 4) is 5.75 Å². The van der Waals surface area contributed by atoms with E-state index in [1.165, 1.54) is 23.1 Å². The molecule has 30 heavy (non-hydrogen) atoms. The fraction of sp³-hybridized carbons (Fsp3) is 0.429. The van der Waals surface area contributed by atoms with Crippen LogP contribution in [0.5, 0.6) is 5.75 Å². The molecular weight excluding hydrogens is 399 g/mol. The first-order valence-corrected chi connectivity index (χ1v) is 9.46. The lowest BCUT2D eigenvalue weighted by Gasteiger charge is -2.27. The first kappa shape index (κ1) is 23.5. The third-order valence-electron chi connectivity index (χ3n) is 4.56. The standard InChI is InChI=1S/C21H26F3N3O3/c1-5-27(19(28)16-8-6-7-9-17(16)30-21(22,23)24)13-12-26(4)18-14-15(10-11-25-18)20(2,3)29/h6-11,14,29H,5,12-13H2,1-4H3. The van der Waals surface area contributed by atoms with Crippen LogP contribution in [0.4, 0.5) is 19.0 Å². The van der Waals surface area contributed by atoms with Crippen molar-refractivity contribution in [2.45, 2.75) is 32.7 Å². The van der Waals surface area contributed by atoms with Crippen molar-refractivity contribution in [3.05, 3.63) is 53.7 Å². The number of alkyl halides is 3. The predicted octanol–water partition coefficient (Wildman–Crippen LogP) is 3.81. The highest BCUT2D eigenvalue weighted by atomic mass is 19.4. The maximum absolute atomic E-state index is 12.8. The predicted molar refractivity (Wildman–Crippen MR) is 107 cm³/mol. The van der Waals surface area contributed by atoms with Gasteiger partial charge in [0.1, 0.15) is 11.6 Å². The Kier molecular flexibility index (Phi) is 7.30. The van der Waals surface area contributed by atoms with Crippen LogP contribution in [-0.4, -0.2) is 53.9 Å². The minimum atomic E-state index is -4.88. The summed E-state index contributed by atoms with van der Waals surface area (Å²) in [4.78, 5) is 20.4. The summed E-state index contributed by atoms with van der Waals surface area (Å²) in [5.74, 6) is -0.468. The number of halogens is 3. The summed E-state index contributed by atoms with van der Waals surface area (Å²) in [6.45, 7) is 6.06. The van der Waals surface area contributed by atoms with Crippen LogP contribution in [0.25, 0.3) is 0 Å². The van der Waals surface area contributed by atoms with Crippen molar-refractivity contribution in [2.24, 2.45) is 0 Å². The number of nitrogens with zero attached hydrogens (tertiary/aromatic N) is 3. The van der Waals surface area contributed by atoms with Gasteiger partial charge < -0.3 is 19.6 Å². The molecule has 6 nitrogen and oxygen atoms in total. The van der Waals surface area contributed by atoms with E-state index in [-0.39, 0.29) is 12.1 Å². The highest BCUT2D eigenvalue weighted by molar-refractivity contribution is 5.97. The molecule has 0 aliphatic rings. The molecule has 9 heteroatoms. The lowest BCUT2D eigenvalue weighted by Crippen LogP contribution is -2.38. The van der Waals surface area contributed by atoms with Gasteiger partial charge in [0.2, 0.25) is 0 Å². The van der Waals surface area contributed by atoms with Crippen molar-refractivity contribution in [1.82, 2.24) is 9.88 Å². The number of hydrogen-bond donors (Lipinski definition) is 1. The maximum Gasteiger partial charge on any atom is 0.573 e. The van der Waals surface area contributed by atoms with Gasteiger partial charge in [-0.3, -0.25) is 4.79 Å². The van der Waals surface area contributed by atoms with Gasteiger partial charge in [-0.2, -0.15) is 0 Å². The van der Waals surface area contributed by atoms with E-state index in [9.17, 15) is 23.1 Å². The Morgan fingerprint density at radius 3 is 2.43 bits per heavy atom. The molecule has 1 amide bonds. The van der Waals surface area contributed by atoms with E-state index in [0.717, 1.165) is 6.07 Å². The Balaban J connectivity index is 2.12. The second kappa shape index (κ2) is 9.34. The van der Waals surface area contributed by atoms with Crippen molar-refractivity contribution >= 4 is 11.7 Å². The van der Waals surface area contributed by atoms with Crippen LogP contribution in [0.3, 0.4) is 0 Å². The van der Waals surface area contributed by atoms with E-state index >= 15 is 0 Å². The van der Waals surface area contributed by atoms with Crippen molar-refractivity contribution < 1.29 is 27.8 Å². The molecular formula is C21H26F3N3O3. The van der Waals surface area contributed by atoms with Crippen molar-refractivity contribution in [1.29, 1.82) is 0 Å². The van der Waals surface area contributed by atoms with Gasteiger partial charge in [0.05, 0.1) is 11.2 Å². The summed E-state index contributed by atoms with van der Waals surface area (Å²) in [6.07, 6.45) is -3.29. The zero-order valence-electron chi connectivity index (χ0n) is 17.4. The van der Waals surface area contributed by atoms with Gasteiger partial charge in [0.15, 0.2) is 0 Å². The van der Waals surface area contributed by atoms with Gasteiger partial charge in [-0.1, -0.05) is 12.1 Å². The van der Waals surface area contributed by atoms with Crippen LogP contribution in [0, 0.1) is 0 Å². The van der Waals surface area contributed by atoms with E-state index in [1.54, 1.807) is 46.1 Å². The molecule has 0 unspecified atom stereocenters. The number of aliphatic hydroxyl groups is 1. The number of carbonyl (C=O) groups is 1. The number of ether oxygens (including phenoxy) is 1. The number of amides is 1. The third-order valence-corrected chi connectivity index (χ3v) is 4.56. The molecule has 0 bridgehead atoms. The molecule has 1 aromatic heterocycles. The first-order valence-electron chi connectivity index (χ1n) is 9.46. The number of likely N-dealkylation sites (N-methyl/N-ethyl adjacent to an activating group) is 2. The molecule has 1 aromatic carbocycles. The number of carbonyl (C=O) groups excluding carboxylic acids is 1. The van der Waals surface area contributed by atoms with Gasteiger partial charge in [0.25, 0.3) is 5.91 Å². The average Bonchev–Trinajstić information content (AvgIpc) is 2.66. The summed E-state index contributed by atoms with van der Waals surface area (Å²) in [5, 5.41) is 10.2. The van der Waals surface area contributed by atoms with Crippen LogP contribution < -0.4 is 9.64 Å². The van der Waals surface area contributed by atoms with Gasteiger partial charge >= 0.3 is 6.36 Å². The van der Waals surface area contributed by atoms with Gasteiger partial charge in [-0.05, 0) is 50.6 Å². The lowest BCUT2D eigenvalue weighted by molar-refractivity contribution is -0.274. The number of hydrogen-bond acceptors (Lipinski definition) is 5. The fourth-order valence-corrected chi connectivity index (χ4v) is 2.82. The summed E-state index contributed by atoms with van der Waals surface area (Å²) < 4.78 is 41.9. The molecule has 0 radical (unpaired) electrons. The number of aromatic nitrogens is 1. The summed E-state index contributed by atoms with van der Waals surface area (Å²) in [7, 11) is 1.79. The SMILES string of the molecule is CCN(CCN(C)c1cc(C(C)(C)O)ccn1)C(=O)c1ccccc1OC(F)(F)F. The molecule has 0 spiro atoms. The summed E-state index contributed by atoms with van der Waals surface area (Å²) in [5.41, 5.74) is -0.478. The Hall–Kier alpha value is -2.81. The van der Waals surface area contributed by atoms with Gasteiger partial charge in [-0.15, -0.1) is 13.2 Å². The molecule has 0 aliphatic carbocycles. The minimum Gasteiger partial charge on any atom is -0.405 e. The number of para-hydroxylation sites is 1. The number of benzene rings is 1. The van der Waals surface area contributed by atoms with E-state index in [4.69, 9.17) is 0 Å². The Bertz CT molecular complexity index is 866. The lowest BCUT2D eigenvalue weighted by atomic mass is 10.00. The molecule has 2 aromatic rings. The Morgan fingerprint density at radius 2 is 1.83 bits per heavy atom. The Morgan fingerprint density at radius 1 is 1.17 bits per heavy atom. The zero-order valence-corrected chi connectivity index (χ0v) is 17.4. The zero-order chi connectivity index (χ0) is 22.5. The molecule has 0 saturated carbocycles. The Labute approximate surface area is 173 Å². The van der Waals surface area contributed by atoms with Crippen LogP contribution in [-0.2, 0) is 5.60 Å². The molecule has 0 atom stereocenters. The second-order valence-corrected chi connectivity index (χ2v) is 7.31. The molecule has 0 aliphatic heterocycles. The normalized spacial score (nSPS) is 11.9. The molecule has 1 N–H and O–H groups in total. The van der Waals surface area contributed by atoms with Crippen molar-refractivity contribution in [3.63, 3.8) is 0 Å². The quantitative estimate of drug-likeness (QED) is 0.697. The van der Waals surface area contributed by atoms with E-state index in [2.05, 4.69) is 9.72 Å². The summed E-state index contributed by atoms with van der Waals surface area (Å²) >= 11 is 0. The van der Waals surface area contributed by atoms with Crippen LogP contribution >= 0.6 is 0 Å². The van der Waals surface area contributed by atoms with Gasteiger partial charge in [0, 0.05) is 32.9 Å². The molecule has 2 rings (SSSR count). The van der Waals surface area contributed by atoms with E-state index < -0.39 is 23.6 Å². The largest absolute Gasteiger partial charge is 0.573 e. The summed E-state index contributed by atoms with van der Waals surface area (Å²) in [6, 6.07) is 8.77. The molecule has 0 fully saturated rings. The molecule has 164 valence electrons. The average molecular weight is 425 g/mol. The van der Waals surface area contributed by atoms with Crippen molar-refractivity contribution in [2.75, 3.05) is 31.6 Å². The highest BCUT2D eigenvalue weighted by Crippen LogP contribution is 2.27. The van der Waals surface area contributed by atoms with Gasteiger partial charge in [-0.25, -0.2) is 4.98 Å². The monoisotopic (exact) mass is 425 g/mol. The molecule has 1 heterocycles. The number of anilines is 1. The fourth-order valence-electron chi connectivity index (χ4n) is 2.82. The third kappa shape index (κ3) is 6.35. The minimum absolute atomic E-state index is 0.151. The van der Waals surface area contributed by atoms with E-state index in [0.29, 0.717) is 24.5 Å². The van der Waals surface area contributed by atoms with Crippen LogP contribution in [0.15, 0.2) is 42.6 Å². The topological polar surface area (TPSA) is 65.9 Å².